The van der Waals surface area contributed by atoms with Gasteiger partial charge in [0.2, 0.25) is 5.95 Å². The molecule has 5 nitrogen and oxygen atoms in total. The van der Waals surface area contributed by atoms with Crippen LogP contribution in [0.1, 0.15) is 30.5 Å². The number of aromatic nitrogens is 3. The number of pyridine rings is 1. The van der Waals surface area contributed by atoms with Gasteiger partial charge in [0.15, 0.2) is 5.82 Å². The first-order chi connectivity index (χ1) is 11.2. The lowest BCUT2D eigenvalue weighted by Crippen LogP contribution is -2.13. The first kappa shape index (κ1) is 15.2. The average Bonchev–Trinajstić information content (AvgIpc) is 2.60. The molecule has 2 aromatic heterocycles. The van der Waals surface area contributed by atoms with Crippen LogP contribution in [0.5, 0.6) is 0 Å². The first-order valence-electron chi connectivity index (χ1n) is 7.85. The maximum absolute atomic E-state index is 4.57. The Hall–Kier alpha value is -2.69. The first-order valence-corrected chi connectivity index (χ1v) is 7.85. The van der Waals surface area contributed by atoms with Gasteiger partial charge in [-0.1, -0.05) is 31.2 Å². The maximum atomic E-state index is 4.57. The van der Waals surface area contributed by atoms with Crippen molar-refractivity contribution in [3.05, 3.63) is 53.7 Å². The van der Waals surface area contributed by atoms with Crippen LogP contribution in [0.2, 0.25) is 0 Å². The van der Waals surface area contributed by atoms with Crippen LogP contribution in [0.4, 0.5) is 11.8 Å². The second-order valence-electron chi connectivity index (χ2n) is 5.48. The van der Waals surface area contributed by atoms with E-state index < -0.39 is 0 Å². The average molecular weight is 307 g/mol. The van der Waals surface area contributed by atoms with E-state index in [1.807, 2.05) is 19.2 Å². The van der Waals surface area contributed by atoms with E-state index >= 15 is 0 Å². The summed E-state index contributed by atoms with van der Waals surface area (Å²) in [7, 11) is 1.82. The predicted molar refractivity (Wildman–Crippen MR) is 94.7 cm³/mol. The summed E-state index contributed by atoms with van der Waals surface area (Å²) in [5, 5.41) is 6.56. The Labute approximate surface area is 136 Å². The van der Waals surface area contributed by atoms with Crippen LogP contribution in [0, 0.1) is 6.92 Å². The van der Waals surface area contributed by atoms with E-state index in [2.05, 4.69) is 63.7 Å². The molecule has 3 rings (SSSR count). The number of hydrogen-bond acceptors (Lipinski definition) is 5. The molecule has 1 aromatic carbocycles. The van der Waals surface area contributed by atoms with Gasteiger partial charge in [-0.2, -0.15) is 4.98 Å². The monoisotopic (exact) mass is 307 g/mol. The molecule has 3 aromatic rings. The fourth-order valence-electron chi connectivity index (χ4n) is 2.72. The third kappa shape index (κ3) is 3.08. The van der Waals surface area contributed by atoms with Crippen LogP contribution >= 0.6 is 0 Å². The van der Waals surface area contributed by atoms with Gasteiger partial charge in [-0.25, -0.2) is 4.98 Å². The molecule has 0 fully saturated rings. The SMILES string of the molecule is CCC(Nc1nc(NC)nc2cccnc12)c1ccccc1C. The molecule has 0 aliphatic rings. The van der Waals surface area contributed by atoms with Crippen molar-refractivity contribution in [2.75, 3.05) is 17.7 Å². The molecule has 5 heteroatoms. The summed E-state index contributed by atoms with van der Waals surface area (Å²) in [5.74, 6) is 1.35. The van der Waals surface area contributed by atoms with Crippen molar-refractivity contribution in [2.24, 2.45) is 0 Å². The van der Waals surface area contributed by atoms with Gasteiger partial charge in [-0.05, 0) is 36.6 Å². The van der Waals surface area contributed by atoms with E-state index in [0.717, 1.165) is 23.3 Å². The van der Waals surface area contributed by atoms with Crippen LogP contribution in [-0.2, 0) is 0 Å². The Kier molecular flexibility index (Phi) is 4.37. The summed E-state index contributed by atoms with van der Waals surface area (Å²) < 4.78 is 0. The van der Waals surface area contributed by atoms with Crippen molar-refractivity contribution in [1.82, 2.24) is 15.0 Å². The summed E-state index contributed by atoms with van der Waals surface area (Å²) in [6.45, 7) is 4.30. The molecule has 0 radical (unpaired) electrons. The molecular weight excluding hydrogens is 286 g/mol. The van der Waals surface area contributed by atoms with E-state index in [1.54, 1.807) is 6.20 Å². The van der Waals surface area contributed by atoms with Crippen LogP contribution in [0.3, 0.4) is 0 Å². The van der Waals surface area contributed by atoms with Crippen molar-refractivity contribution in [3.63, 3.8) is 0 Å². The number of anilines is 2. The van der Waals surface area contributed by atoms with Gasteiger partial charge >= 0.3 is 0 Å². The lowest BCUT2D eigenvalue weighted by Gasteiger charge is -2.21. The summed E-state index contributed by atoms with van der Waals surface area (Å²) in [5.41, 5.74) is 4.17. The fourth-order valence-corrected chi connectivity index (χ4v) is 2.72. The van der Waals surface area contributed by atoms with Crippen molar-refractivity contribution in [1.29, 1.82) is 0 Å². The molecule has 0 aliphatic heterocycles. The third-order valence-corrected chi connectivity index (χ3v) is 3.96. The largest absolute Gasteiger partial charge is 0.361 e. The Morgan fingerprint density at radius 1 is 1.09 bits per heavy atom. The van der Waals surface area contributed by atoms with Gasteiger partial charge in [0.1, 0.15) is 5.52 Å². The maximum Gasteiger partial charge on any atom is 0.225 e. The molecule has 0 aliphatic carbocycles. The number of benzene rings is 1. The van der Waals surface area contributed by atoms with E-state index in [-0.39, 0.29) is 6.04 Å². The highest BCUT2D eigenvalue weighted by Crippen LogP contribution is 2.27. The standard InChI is InChI=1S/C18H21N5/c1-4-14(13-9-6-5-8-12(13)2)21-17-16-15(10-7-11-20-16)22-18(19-3)23-17/h5-11,14H,4H2,1-3H3,(H2,19,21,22,23). The quantitative estimate of drug-likeness (QED) is 0.747. The zero-order valence-corrected chi connectivity index (χ0v) is 13.7. The zero-order valence-electron chi connectivity index (χ0n) is 13.7. The topological polar surface area (TPSA) is 62.7 Å². The van der Waals surface area contributed by atoms with Gasteiger partial charge in [0.25, 0.3) is 0 Å². The minimum absolute atomic E-state index is 0.181. The number of fused-ring (bicyclic) bond motifs is 1. The van der Waals surface area contributed by atoms with E-state index in [1.165, 1.54) is 11.1 Å². The second-order valence-corrected chi connectivity index (χ2v) is 5.48. The van der Waals surface area contributed by atoms with Crippen molar-refractivity contribution in [3.8, 4) is 0 Å². The molecule has 0 saturated heterocycles. The van der Waals surface area contributed by atoms with Gasteiger partial charge in [0.05, 0.1) is 11.6 Å². The predicted octanol–water partition coefficient (Wildman–Crippen LogP) is 3.94. The normalized spacial score (nSPS) is 12.1. The number of nitrogens with zero attached hydrogens (tertiary/aromatic N) is 3. The molecule has 0 bridgehead atoms. The summed E-state index contributed by atoms with van der Waals surface area (Å²) in [6.07, 6.45) is 2.72. The number of aryl methyl sites for hydroxylation is 1. The molecule has 23 heavy (non-hydrogen) atoms. The van der Waals surface area contributed by atoms with Gasteiger partial charge in [0, 0.05) is 13.2 Å². The lowest BCUT2D eigenvalue weighted by atomic mass is 9.99. The third-order valence-electron chi connectivity index (χ3n) is 3.96. The Balaban J connectivity index is 2.04. The molecule has 1 unspecified atom stereocenters. The molecule has 0 amide bonds. The Morgan fingerprint density at radius 3 is 2.65 bits per heavy atom. The second kappa shape index (κ2) is 6.60. The van der Waals surface area contributed by atoms with Gasteiger partial charge in [-0.3, -0.25) is 4.98 Å². The highest BCUT2D eigenvalue weighted by molar-refractivity contribution is 5.86. The van der Waals surface area contributed by atoms with Crippen molar-refractivity contribution < 1.29 is 0 Å². The highest BCUT2D eigenvalue weighted by atomic mass is 15.1. The van der Waals surface area contributed by atoms with E-state index in [0.29, 0.717) is 5.95 Å². The van der Waals surface area contributed by atoms with Crippen molar-refractivity contribution >= 4 is 22.8 Å². The van der Waals surface area contributed by atoms with E-state index in [9.17, 15) is 0 Å². The van der Waals surface area contributed by atoms with Gasteiger partial charge < -0.3 is 10.6 Å². The molecule has 0 spiro atoms. The molecule has 1 atom stereocenters. The fraction of sp³-hybridized carbons (Fsp3) is 0.278. The molecule has 118 valence electrons. The number of hydrogen-bond donors (Lipinski definition) is 2. The van der Waals surface area contributed by atoms with Crippen LogP contribution in [0.25, 0.3) is 11.0 Å². The number of nitrogens with one attached hydrogen (secondary N) is 2. The van der Waals surface area contributed by atoms with Crippen LogP contribution in [-0.4, -0.2) is 22.0 Å². The molecule has 0 saturated carbocycles. The molecule has 2 N–H and O–H groups in total. The zero-order chi connectivity index (χ0) is 16.2. The lowest BCUT2D eigenvalue weighted by molar-refractivity contribution is 0.740. The van der Waals surface area contributed by atoms with Crippen LogP contribution < -0.4 is 10.6 Å². The van der Waals surface area contributed by atoms with Gasteiger partial charge in [-0.15, -0.1) is 0 Å². The Morgan fingerprint density at radius 2 is 1.91 bits per heavy atom. The smallest absolute Gasteiger partial charge is 0.225 e. The minimum atomic E-state index is 0.181. The minimum Gasteiger partial charge on any atom is -0.361 e. The number of rotatable bonds is 5. The molecule has 2 heterocycles. The van der Waals surface area contributed by atoms with Crippen molar-refractivity contribution in [2.45, 2.75) is 26.3 Å². The van der Waals surface area contributed by atoms with Crippen LogP contribution in [0.15, 0.2) is 42.6 Å². The molecular formula is C18H21N5. The Bertz CT molecular complexity index is 815. The summed E-state index contributed by atoms with van der Waals surface area (Å²) >= 11 is 0. The summed E-state index contributed by atoms with van der Waals surface area (Å²) in [4.78, 5) is 13.5. The van der Waals surface area contributed by atoms with E-state index in [4.69, 9.17) is 0 Å². The summed E-state index contributed by atoms with van der Waals surface area (Å²) in [6, 6.07) is 12.4. The highest BCUT2D eigenvalue weighted by Gasteiger charge is 2.15.